The van der Waals surface area contributed by atoms with Gasteiger partial charge in [-0.05, 0) is 54.0 Å². The summed E-state index contributed by atoms with van der Waals surface area (Å²) in [6, 6.07) is 17.3. The molecule has 0 heterocycles. The molecule has 0 bridgehead atoms. The standard InChI is InChI=1S/C20H18BrNO/c21-19-6-5-17(20(13-22)7-8-20)9-16(19)12-23-18-10-14-3-1-2-4-15(14)11-18/h1-6,9,18H,7-8,10-12H2. The highest BCUT2D eigenvalue weighted by Gasteiger charge is 2.45. The zero-order valence-electron chi connectivity index (χ0n) is 12.9. The minimum Gasteiger partial charge on any atom is -0.373 e. The van der Waals surface area contributed by atoms with Crippen LogP contribution in [0.3, 0.4) is 0 Å². The number of benzene rings is 2. The Labute approximate surface area is 145 Å². The Morgan fingerprint density at radius 2 is 1.83 bits per heavy atom. The molecule has 23 heavy (non-hydrogen) atoms. The molecule has 0 unspecified atom stereocenters. The number of nitrogens with zero attached hydrogens (tertiary/aromatic N) is 1. The summed E-state index contributed by atoms with van der Waals surface area (Å²) in [7, 11) is 0. The van der Waals surface area contributed by atoms with E-state index in [9.17, 15) is 5.26 Å². The van der Waals surface area contributed by atoms with Gasteiger partial charge in [-0.3, -0.25) is 0 Å². The molecule has 0 spiro atoms. The number of hydrogen-bond acceptors (Lipinski definition) is 2. The second kappa shape index (κ2) is 5.78. The molecule has 2 aromatic rings. The van der Waals surface area contributed by atoms with Crippen molar-refractivity contribution in [1.29, 1.82) is 5.26 Å². The topological polar surface area (TPSA) is 33.0 Å². The van der Waals surface area contributed by atoms with Crippen LogP contribution in [0, 0.1) is 11.3 Å². The highest BCUT2D eigenvalue weighted by atomic mass is 79.9. The Bertz CT molecular complexity index is 763. The minimum absolute atomic E-state index is 0.237. The van der Waals surface area contributed by atoms with Crippen molar-refractivity contribution in [1.82, 2.24) is 0 Å². The molecule has 1 fully saturated rings. The van der Waals surface area contributed by atoms with E-state index < -0.39 is 0 Å². The van der Waals surface area contributed by atoms with E-state index in [1.165, 1.54) is 11.1 Å². The largest absolute Gasteiger partial charge is 0.373 e. The van der Waals surface area contributed by atoms with E-state index in [0.29, 0.717) is 6.61 Å². The highest BCUT2D eigenvalue weighted by Crippen LogP contribution is 2.48. The van der Waals surface area contributed by atoms with Gasteiger partial charge in [-0.25, -0.2) is 0 Å². The van der Waals surface area contributed by atoms with Crippen LogP contribution in [0.1, 0.15) is 35.1 Å². The highest BCUT2D eigenvalue weighted by molar-refractivity contribution is 9.10. The fraction of sp³-hybridized carbons (Fsp3) is 0.350. The van der Waals surface area contributed by atoms with Crippen LogP contribution in [0.25, 0.3) is 0 Å². The molecule has 0 aliphatic heterocycles. The van der Waals surface area contributed by atoms with E-state index >= 15 is 0 Å². The van der Waals surface area contributed by atoms with Crippen molar-refractivity contribution in [3.05, 3.63) is 69.2 Å². The van der Waals surface area contributed by atoms with Crippen LogP contribution < -0.4 is 0 Å². The van der Waals surface area contributed by atoms with Gasteiger partial charge in [0.2, 0.25) is 0 Å². The molecular formula is C20H18BrNO. The summed E-state index contributed by atoms with van der Waals surface area (Å²) in [6.07, 6.45) is 4.20. The summed E-state index contributed by atoms with van der Waals surface area (Å²) in [6.45, 7) is 0.592. The van der Waals surface area contributed by atoms with E-state index in [2.05, 4.69) is 64.5 Å². The molecule has 0 amide bonds. The molecule has 0 N–H and O–H groups in total. The second-order valence-corrected chi connectivity index (χ2v) is 7.46. The fourth-order valence-corrected chi connectivity index (χ4v) is 3.78. The molecule has 0 atom stereocenters. The third-order valence-electron chi connectivity index (χ3n) is 5.05. The maximum atomic E-state index is 9.38. The molecule has 0 saturated heterocycles. The van der Waals surface area contributed by atoms with Gasteiger partial charge in [0, 0.05) is 4.47 Å². The number of ether oxygens (including phenoxy) is 1. The van der Waals surface area contributed by atoms with Gasteiger partial charge in [0.1, 0.15) is 0 Å². The summed E-state index contributed by atoms with van der Waals surface area (Å²) in [5, 5.41) is 9.38. The maximum absolute atomic E-state index is 9.38. The van der Waals surface area contributed by atoms with Crippen LogP contribution in [0.2, 0.25) is 0 Å². The van der Waals surface area contributed by atoms with Crippen molar-refractivity contribution < 1.29 is 4.74 Å². The Hall–Kier alpha value is -1.63. The average molecular weight is 368 g/mol. The Kier molecular flexibility index (Phi) is 3.75. The normalized spacial score (nSPS) is 18.4. The third kappa shape index (κ3) is 2.82. The summed E-state index contributed by atoms with van der Waals surface area (Å²) in [4.78, 5) is 0. The van der Waals surface area contributed by atoms with Gasteiger partial charge in [-0.1, -0.05) is 52.3 Å². The van der Waals surface area contributed by atoms with E-state index in [0.717, 1.165) is 41.3 Å². The third-order valence-corrected chi connectivity index (χ3v) is 5.82. The van der Waals surface area contributed by atoms with Gasteiger partial charge < -0.3 is 4.74 Å². The van der Waals surface area contributed by atoms with Gasteiger partial charge in [-0.15, -0.1) is 0 Å². The van der Waals surface area contributed by atoms with Crippen molar-refractivity contribution in [3.8, 4) is 6.07 Å². The number of nitriles is 1. The molecular weight excluding hydrogens is 350 g/mol. The monoisotopic (exact) mass is 367 g/mol. The van der Waals surface area contributed by atoms with Gasteiger partial charge in [-0.2, -0.15) is 5.26 Å². The molecule has 0 aromatic heterocycles. The SMILES string of the molecule is N#CC1(c2ccc(Br)c(COC3Cc4ccccc4C3)c2)CC1. The van der Waals surface area contributed by atoms with Crippen LogP contribution in [0.15, 0.2) is 46.9 Å². The quantitative estimate of drug-likeness (QED) is 0.785. The van der Waals surface area contributed by atoms with E-state index in [1.807, 2.05) is 0 Å². The van der Waals surface area contributed by atoms with Crippen molar-refractivity contribution in [3.63, 3.8) is 0 Å². The lowest BCUT2D eigenvalue weighted by atomic mass is 9.96. The molecule has 2 nitrogen and oxygen atoms in total. The summed E-state index contributed by atoms with van der Waals surface area (Å²) >= 11 is 3.61. The van der Waals surface area contributed by atoms with Crippen LogP contribution in [0.4, 0.5) is 0 Å². The van der Waals surface area contributed by atoms with Gasteiger partial charge in [0.15, 0.2) is 0 Å². The predicted molar refractivity (Wildman–Crippen MR) is 93.1 cm³/mol. The Balaban J connectivity index is 1.46. The first-order valence-corrected chi connectivity index (χ1v) is 8.88. The molecule has 0 radical (unpaired) electrons. The lowest BCUT2D eigenvalue weighted by molar-refractivity contribution is 0.0476. The van der Waals surface area contributed by atoms with Crippen molar-refractivity contribution >= 4 is 15.9 Å². The van der Waals surface area contributed by atoms with Gasteiger partial charge in [0.25, 0.3) is 0 Å². The van der Waals surface area contributed by atoms with Crippen molar-refractivity contribution in [2.45, 2.75) is 43.8 Å². The van der Waals surface area contributed by atoms with Crippen LogP contribution >= 0.6 is 15.9 Å². The van der Waals surface area contributed by atoms with Gasteiger partial charge in [0.05, 0.1) is 24.2 Å². The number of halogens is 1. The first-order valence-electron chi connectivity index (χ1n) is 8.09. The van der Waals surface area contributed by atoms with Gasteiger partial charge >= 0.3 is 0 Å². The zero-order chi connectivity index (χ0) is 15.9. The van der Waals surface area contributed by atoms with E-state index in [-0.39, 0.29) is 11.5 Å². The summed E-state index contributed by atoms with van der Waals surface area (Å²) < 4.78 is 7.22. The minimum atomic E-state index is -0.237. The molecule has 1 saturated carbocycles. The van der Waals surface area contributed by atoms with Crippen molar-refractivity contribution in [2.24, 2.45) is 0 Å². The lowest BCUT2D eigenvalue weighted by Crippen LogP contribution is -2.13. The molecule has 2 aliphatic carbocycles. The second-order valence-electron chi connectivity index (χ2n) is 6.61. The average Bonchev–Trinajstić information content (AvgIpc) is 3.26. The van der Waals surface area contributed by atoms with E-state index in [1.54, 1.807) is 0 Å². The van der Waals surface area contributed by atoms with Crippen LogP contribution in [-0.4, -0.2) is 6.10 Å². The van der Waals surface area contributed by atoms with Crippen molar-refractivity contribution in [2.75, 3.05) is 0 Å². The summed E-state index contributed by atoms with van der Waals surface area (Å²) in [5.74, 6) is 0. The fourth-order valence-electron chi connectivity index (χ4n) is 3.42. The lowest BCUT2D eigenvalue weighted by Gasteiger charge is -2.14. The Morgan fingerprint density at radius 1 is 1.13 bits per heavy atom. The summed E-state index contributed by atoms with van der Waals surface area (Å²) in [5.41, 5.74) is 4.86. The number of rotatable bonds is 4. The molecule has 2 aliphatic rings. The van der Waals surface area contributed by atoms with Crippen LogP contribution in [-0.2, 0) is 29.6 Å². The first-order chi connectivity index (χ1) is 11.2. The number of fused-ring (bicyclic) bond motifs is 1. The molecule has 116 valence electrons. The number of hydrogen-bond donors (Lipinski definition) is 0. The van der Waals surface area contributed by atoms with E-state index in [4.69, 9.17) is 4.74 Å². The first kappa shape index (κ1) is 14.9. The predicted octanol–water partition coefficient (Wildman–Crippen LogP) is 4.69. The van der Waals surface area contributed by atoms with Crippen LogP contribution in [0.5, 0.6) is 0 Å². The molecule has 2 aromatic carbocycles. The maximum Gasteiger partial charge on any atom is 0.0823 e. The molecule has 4 rings (SSSR count). The Morgan fingerprint density at radius 3 is 2.43 bits per heavy atom. The zero-order valence-corrected chi connectivity index (χ0v) is 14.5. The molecule has 3 heteroatoms. The smallest absolute Gasteiger partial charge is 0.0823 e.